The van der Waals surface area contributed by atoms with Crippen LogP contribution in [-0.2, 0) is 30.4 Å². The maximum atomic E-state index is 12.6. The summed E-state index contributed by atoms with van der Waals surface area (Å²) in [6, 6.07) is 28.7. The van der Waals surface area contributed by atoms with E-state index in [4.69, 9.17) is 11.5 Å². The maximum Gasteiger partial charge on any atom is 0.152 e. The number of aryl methyl sites for hydroxylation is 1. The highest BCUT2D eigenvalue weighted by atomic mass is 32.2. The van der Waals surface area contributed by atoms with E-state index in [1.54, 1.807) is 55.5 Å². The molecule has 8 aromatic carbocycles. The first-order valence-corrected chi connectivity index (χ1v) is 24.5. The first-order chi connectivity index (χ1) is 34.0. The van der Waals surface area contributed by atoms with Gasteiger partial charge in [0.05, 0.1) is 54.8 Å². The van der Waals surface area contributed by atoms with E-state index in [2.05, 4.69) is 40.9 Å². The highest BCUT2D eigenvalue weighted by Gasteiger charge is 2.22. The fourth-order valence-electron chi connectivity index (χ4n) is 7.12. The smallest absolute Gasteiger partial charge is 0.152 e. The van der Waals surface area contributed by atoms with Crippen LogP contribution in [0.15, 0.2) is 183 Å². The van der Waals surface area contributed by atoms with Gasteiger partial charge in [-0.05, 0) is 108 Å². The molecular formula is C46H30N10O13S3-4. The quantitative estimate of drug-likeness (QED) is 0.0474. The molecule has 6 N–H and O–H groups in total. The predicted octanol–water partition coefficient (Wildman–Crippen LogP) is 9.28. The van der Waals surface area contributed by atoms with Gasteiger partial charge in [0.25, 0.3) is 0 Å². The topological polar surface area (TPSA) is 403 Å². The van der Waals surface area contributed by atoms with Crippen molar-refractivity contribution < 1.29 is 59.0 Å². The fraction of sp³-hybridized carbons (Fsp3) is 0.0217. The van der Waals surface area contributed by atoms with E-state index in [1.165, 1.54) is 42.5 Å². The molecule has 0 aromatic heterocycles. The van der Waals surface area contributed by atoms with Gasteiger partial charge < -0.3 is 45.2 Å². The monoisotopic (exact) mass is 1030 g/mol. The van der Waals surface area contributed by atoms with E-state index in [0.717, 1.165) is 35.4 Å². The van der Waals surface area contributed by atoms with Gasteiger partial charge in [0, 0.05) is 21.7 Å². The summed E-state index contributed by atoms with van der Waals surface area (Å²) in [6.45, 7) is 1.58. The third-order valence-electron chi connectivity index (χ3n) is 10.7. The molecule has 23 nitrogen and oxygen atoms in total. The number of phenols is 2. The number of aromatic hydroxyl groups is 2. The highest BCUT2D eigenvalue weighted by molar-refractivity contribution is 7.86. The number of phenolic OH excluding ortho intramolecular Hbond substituents is 1. The number of hydrogen-bond donors (Lipinski definition) is 4. The average molecular weight is 1030 g/mol. The Morgan fingerprint density at radius 1 is 0.486 bits per heavy atom. The minimum Gasteiger partial charge on any atom is -0.744 e. The molecule has 0 atom stereocenters. The van der Waals surface area contributed by atoms with Crippen LogP contribution in [0.2, 0.25) is 0 Å². The summed E-state index contributed by atoms with van der Waals surface area (Å²) in [5.74, 6) is -3.05. The van der Waals surface area contributed by atoms with Crippen molar-refractivity contribution in [2.75, 3.05) is 11.5 Å². The minimum atomic E-state index is -5.51. The molecular weight excluding hydrogens is 997 g/mol. The van der Waals surface area contributed by atoms with Gasteiger partial charge in [-0.25, -0.2) is 25.3 Å². The van der Waals surface area contributed by atoms with Gasteiger partial charge >= 0.3 is 0 Å². The van der Waals surface area contributed by atoms with Crippen LogP contribution in [0.4, 0.5) is 56.9 Å². The summed E-state index contributed by atoms with van der Waals surface area (Å²) in [4.78, 5) is 8.39. The van der Waals surface area contributed by atoms with Crippen molar-refractivity contribution in [1.82, 2.24) is 0 Å². The number of fused-ring (bicyclic) bond motifs is 2. The fourth-order valence-corrected chi connectivity index (χ4v) is 9.07. The third-order valence-corrected chi connectivity index (χ3v) is 13.3. The number of benzene rings is 8. The van der Waals surface area contributed by atoms with Gasteiger partial charge in [0.2, 0.25) is 0 Å². The van der Waals surface area contributed by atoms with Gasteiger partial charge in [-0.15, -0.1) is 25.6 Å². The largest absolute Gasteiger partial charge is 0.744 e. The summed E-state index contributed by atoms with van der Waals surface area (Å²) in [7, 11) is -15.9. The van der Waals surface area contributed by atoms with Crippen LogP contribution < -0.4 is 16.6 Å². The molecule has 8 rings (SSSR count). The van der Waals surface area contributed by atoms with Gasteiger partial charge in [0.15, 0.2) is 5.75 Å². The van der Waals surface area contributed by atoms with E-state index in [1.807, 2.05) is 0 Å². The van der Waals surface area contributed by atoms with Crippen molar-refractivity contribution in [3.63, 3.8) is 0 Å². The molecule has 0 fully saturated rings. The first kappa shape index (κ1) is 49.5. The summed E-state index contributed by atoms with van der Waals surface area (Å²) < 4.78 is 111. The van der Waals surface area contributed by atoms with Crippen molar-refractivity contribution in [3.05, 3.63) is 139 Å². The lowest BCUT2D eigenvalue weighted by Gasteiger charge is -2.16. The molecule has 0 heterocycles. The molecule has 0 radical (unpaired) electrons. The zero-order valence-corrected chi connectivity index (χ0v) is 38.9. The van der Waals surface area contributed by atoms with Crippen LogP contribution in [0, 0.1) is 6.92 Å². The SMILES string of the molecule is Cc1cc(N=Nc2cc3c(O)c(N=Nc4ccc(S(=O)(=O)[O-])c5ccccc45)c(S(=O)(=O)[O-])cc3cc2S(=O)(=O)[O-])c(N)c(N=Nc2ccc(-c3ccc(N=Nc4ccc(O)c(C(=O)[O-])c4)cc3)cc2)c1N. The number of nitrogens with two attached hydrogens (primary N) is 2. The second-order valence-corrected chi connectivity index (χ2v) is 19.4. The molecule has 72 heavy (non-hydrogen) atoms. The maximum absolute atomic E-state index is 12.6. The number of hydrogen-bond acceptors (Lipinski definition) is 23. The third kappa shape index (κ3) is 10.3. The summed E-state index contributed by atoms with van der Waals surface area (Å²) in [5.41, 5.74) is 13.3. The van der Waals surface area contributed by atoms with Crippen LogP contribution >= 0.6 is 0 Å². The van der Waals surface area contributed by atoms with Gasteiger partial charge in [-0.2, -0.15) is 15.3 Å². The molecule has 0 aliphatic heterocycles. The molecule has 0 saturated carbocycles. The molecule has 0 aliphatic carbocycles. The number of aromatic carboxylic acids is 1. The number of carbonyl (C=O) groups is 1. The second kappa shape index (κ2) is 19.1. The average Bonchev–Trinajstić information content (AvgIpc) is 3.33. The highest BCUT2D eigenvalue weighted by Crippen LogP contribution is 2.46. The molecule has 0 bridgehead atoms. The Labute approximate surface area is 407 Å². The number of carboxylic acids is 1. The normalized spacial score (nSPS) is 12.6. The Kier molecular flexibility index (Phi) is 13.1. The van der Waals surface area contributed by atoms with Gasteiger partial charge in [-0.3, -0.25) is 0 Å². The number of nitrogen functional groups attached to an aromatic ring is 2. The lowest BCUT2D eigenvalue weighted by Crippen LogP contribution is -2.22. The molecule has 0 amide bonds. The van der Waals surface area contributed by atoms with Crippen LogP contribution in [-0.4, -0.2) is 55.1 Å². The summed E-state index contributed by atoms with van der Waals surface area (Å²) in [6.07, 6.45) is 0. The Morgan fingerprint density at radius 2 is 1.00 bits per heavy atom. The lowest BCUT2D eigenvalue weighted by atomic mass is 10.1. The number of carbonyl (C=O) groups excluding carboxylic acids is 1. The predicted molar refractivity (Wildman–Crippen MR) is 254 cm³/mol. The van der Waals surface area contributed by atoms with Crippen molar-refractivity contribution in [2.45, 2.75) is 21.6 Å². The zero-order valence-electron chi connectivity index (χ0n) is 36.5. The van der Waals surface area contributed by atoms with Crippen LogP contribution in [0.25, 0.3) is 32.7 Å². The van der Waals surface area contributed by atoms with E-state index >= 15 is 0 Å². The van der Waals surface area contributed by atoms with Crippen molar-refractivity contribution in [1.29, 1.82) is 0 Å². The standard InChI is InChI=1S/C46H34N10O13S3/c1-23-18-36(42(48)44(41(23)47)56-50-28-12-8-25(9-13-28)24-6-10-27(11-7-24)49-51-29-14-16-37(57)33(21-29)46(59)60)54-53-35-22-32-26(19-39(35)71(64,65)66)20-40(72(67,68)69)43(45(32)58)55-52-34-15-17-38(70(61,62)63)31-5-3-2-4-30(31)34/h2-22,57-58H,47-48H2,1H3,(H,59,60)(H,61,62,63)(H,64,65,66)(H,67,68,69)/p-4. The van der Waals surface area contributed by atoms with Crippen molar-refractivity contribution in [2.24, 2.45) is 40.9 Å². The number of rotatable bonds is 13. The van der Waals surface area contributed by atoms with Crippen molar-refractivity contribution in [3.8, 4) is 22.6 Å². The minimum absolute atomic E-state index is 0.0489. The molecule has 26 heteroatoms. The van der Waals surface area contributed by atoms with Crippen LogP contribution in [0.3, 0.4) is 0 Å². The Bertz CT molecular complexity index is 4040. The molecule has 0 spiro atoms. The van der Waals surface area contributed by atoms with Crippen LogP contribution in [0.5, 0.6) is 11.5 Å². The molecule has 0 unspecified atom stereocenters. The van der Waals surface area contributed by atoms with E-state index < -0.39 is 84.8 Å². The molecule has 8 aromatic rings. The summed E-state index contributed by atoms with van der Waals surface area (Å²) >= 11 is 0. The van der Waals surface area contributed by atoms with E-state index in [9.17, 15) is 59.0 Å². The molecule has 0 aliphatic rings. The van der Waals surface area contributed by atoms with E-state index in [-0.39, 0.29) is 50.3 Å². The zero-order chi connectivity index (χ0) is 51.9. The number of azo groups is 4. The summed E-state index contributed by atoms with van der Waals surface area (Å²) in [5, 5.41) is 63.9. The number of anilines is 2. The van der Waals surface area contributed by atoms with E-state index in [0.29, 0.717) is 29.1 Å². The first-order valence-electron chi connectivity index (χ1n) is 20.3. The second-order valence-electron chi connectivity index (χ2n) is 15.4. The molecule has 0 saturated heterocycles. The Hall–Kier alpha value is -8.92. The Balaban J connectivity index is 1.09. The number of carboxylic acid groups (broad SMARTS) is 1. The van der Waals surface area contributed by atoms with Gasteiger partial charge in [0.1, 0.15) is 58.9 Å². The number of nitrogens with zero attached hydrogens (tertiary/aromatic N) is 8. The van der Waals surface area contributed by atoms with Crippen molar-refractivity contribution >= 4 is 115 Å². The Morgan fingerprint density at radius 3 is 1.60 bits per heavy atom. The lowest BCUT2D eigenvalue weighted by molar-refractivity contribution is -0.255. The van der Waals surface area contributed by atoms with Gasteiger partial charge in [-0.1, -0.05) is 48.5 Å². The van der Waals surface area contributed by atoms with Crippen LogP contribution in [0.1, 0.15) is 15.9 Å². The molecule has 364 valence electrons.